The summed E-state index contributed by atoms with van der Waals surface area (Å²) in [5.41, 5.74) is 4.56. The number of para-hydroxylation sites is 2. The minimum Gasteiger partial charge on any atom is -0.468 e. The molecule has 2 heterocycles. The molecule has 50 heavy (non-hydrogen) atoms. The zero-order valence-corrected chi connectivity index (χ0v) is 30.4. The Hall–Kier alpha value is -5.18. The first-order valence-electron chi connectivity index (χ1n) is 16.1. The van der Waals surface area contributed by atoms with Gasteiger partial charge < -0.3 is 20.1 Å². The van der Waals surface area contributed by atoms with Gasteiger partial charge in [-0.25, -0.2) is 0 Å². The Bertz CT molecular complexity index is 2030. The lowest BCUT2D eigenvalue weighted by Gasteiger charge is -2.29. The zero-order chi connectivity index (χ0) is 34.9. The van der Waals surface area contributed by atoms with E-state index >= 15 is 0 Å². The number of carbonyl (C=O) groups excluding carboxylic acids is 2. The summed E-state index contributed by atoms with van der Waals surface area (Å²) < 4.78 is 14.4. The van der Waals surface area contributed by atoms with Crippen LogP contribution in [0, 0.1) is 13.8 Å². The van der Waals surface area contributed by atoms with Crippen molar-refractivity contribution in [2.75, 3.05) is 10.6 Å². The van der Waals surface area contributed by atoms with Gasteiger partial charge in [0.05, 0.1) is 11.4 Å². The summed E-state index contributed by atoms with van der Waals surface area (Å²) in [4.78, 5) is 26.2. The molecule has 0 spiro atoms. The minimum absolute atomic E-state index is 0.193. The first-order chi connectivity index (χ1) is 24.2. The van der Waals surface area contributed by atoms with Crippen LogP contribution < -0.4 is 20.1 Å². The average molecular weight is 789 g/mol. The molecule has 0 unspecified atom stereocenters. The van der Waals surface area contributed by atoms with Gasteiger partial charge in [-0.15, -0.1) is 0 Å². The Labute approximate surface area is 307 Å². The normalized spacial score (nSPS) is 18.6. The van der Waals surface area contributed by atoms with Crippen molar-refractivity contribution in [3.63, 3.8) is 0 Å². The Kier molecular flexibility index (Phi) is 9.07. The van der Waals surface area contributed by atoms with Crippen molar-refractivity contribution < 1.29 is 19.1 Å². The Morgan fingerprint density at radius 2 is 0.820 bits per heavy atom. The van der Waals surface area contributed by atoms with Crippen LogP contribution in [0.5, 0.6) is 11.5 Å². The van der Waals surface area contributed by atoms with E-state index in [4.69, 9.17) is 9.47 Å². The maximum Gasteiger partial charge on any atom is 0.278 e. The van der Waals surface area contributed by atoms with E-state index in [1.54, 1.807) is 0 Å². The smallest absolute Gasteiger partial charge is 0.278 e. The summed E-state index contributed by atoms with van der Waals surface area (Å²) in [5.74, 6) is 0.914. The Morgan fingerprint density at radius 1 is 0.460 bits per heavy atom. The van der Waals surface area contributed by atoms with Crippen LogP contribution in [0.4, 0.5) is 11.4 Å². The largest absolute Gasteiger partial charge is 0.468 e. The molecule has 2 atom stereocenters. The fraction of sp³-hybridized carbons (Fsp3) is 0.0952. The summed E-state index contributed by atoms with van der Waals surface area (Å²) in [7, 11) is 0. The monoisotopic (exact) mass is 786 g/mol. The molecule has 0 bridgehead atoms. The number of ether oxygens (including phenoxy) is 2. The van der Waals surface area contributed by atoms with Gasteiger partial charge in [-0.1, -0.05) is 120 Å². The molecule has 0 aliphatic carbocycles. The molecule has 0 aromatic heterocycles. The fourth-order valence-electron chi connectivity index (χ4n) is 6.34. The molecule has 2 aliphatic rings. The number of fused-ring (bicyclic) bond motifs is 2. The number of hydrogen-bond donors (Lipinski definition) is 2. The van der Waals surface area contributed by atoms with Crippen LogP contribution in [0.1, 0.15) is 33.4 Å². The summed E-state index contributed by atoms with van der Waals surface area (Å²) in [6.45, 7) is 4.04. The van der Waals surface area contributed by atoms with Crippen LogP contribution in [0.15, 0.2) is 155 Å². The highest BCUT2D eigenvalue weighted by molar-refractivity contribution is 9.11. The van der Waals surface area contributed by atoms with Crippen molar-refractivity contribution in [3.05, 3.63) is 188 Å². The predicted molar refractivity (Wildman–Crippen MR) is 204 cm³/mol. The lowest BCUT2D eigenvalue weighted by Crippen LogP contribution is -2.41. The van der Waals surface area contributed by atoms with Crippen LogP contribution >= 0.6 is 31.9 Å². The van der Waals surface area contributed by atoms with Crippen LogP contribution in [0.25, 0.3) is 0 Å². The molecule has 6 aromatic carbocycles. The maximum atomic E-state index is 13.1. The van der Waals surface area contributed by atoms with Gasteiger partial charge in [-0.05, 0) is 82.1 Å². The number of amides is 2. The molecule has 8 heteroatoms. The second-order valence-electron chi connectivity index (χ2n) is 12.2. The van der Waals surface area contributed by atoms with Gasteiger partial charge in [0.15, 0.2) is 0 Å². The molecule has 2 aliphatic heterocycles. The van der Waals surface area contributed by atoms with Crippen molar-refractivity contribution in [2.24, 2.45) is 0 Å². The maximum absolute atomic E-state index is 13.1. The fourth-order valence-corrected chi connectivity index (χ4v) is 7.27. The molecule has 6 nitrogen and oxygen atoms in total. The first kappa shape index (κ1) is 33.3. The summed E-state index contributed by atoms with van der Waals surface area (Å²) in [6, 6.07) is 46.2. The Balaban J connectivity index is 0.000000157. The molecule has 0 fully saturated rings. The number of carbonyl (C=O) groups is 2. The molecule has 0 saturated heterocycles. The third-order valence-electron chi connectivity index (χ3n) is 8.85. The second kappa shape index (κ2) is 13.6. The van der Waals surface area contributed by atoms with E-state index in [-0.39, 0.29) is 11.8 Å². The van der Waals surface area contributed by atoms with Crippen molar-refractivity contribution in [1.82, 2.24) is 0 Å². The Morgan fingerprint density at radius 3 is 1.18 bits per heavy atom. The van der Waals surface area contributed by atoms with Crippen LogP contribution in [0.2, 0.25) is 0 Å². The number of benzene rings is 6. The number of nitrogens with one attached hydrogen (secondary N) is 2. The molecular formula is C42H32Br2N2O4. The summed E-state index contributed by atoms with van der Waals surface area (Å²) in [5, 5.41) is 5.95. The molecule has 8 rings (SSSR count). The van der Waals surface area contributed by atoms with Crippen molar-refractivity contribution >= 4 is 55.0 Å². The van der Waals surface area contributed by atoms with Gasteiger partial charge in [0.2, 0.25) is 11.2 Å². The van der Waals surface area contributed by atoms with Crippen molar-refractivity contribution in [3.8, 4) is 11.5 Å². The zero-order valence-electron chi connectivity index (χ0n) is 27.2. The van der Waals surface area contributed by atoms with Gasteiger partial charge >= 0.3 is 0 Å². The lowest BCUT2D eigenvalue weighted by molar-refractivity contribution is -0.128. The number of anilines is 2. The quantitative estimate of drug-likeness (QED) is 0.176. The third-order valence-corrected chi connectivity index (χ3v) is 10.2. The van der Waals surface area contributed by atoms with E-state index in [1.165, 1.54) is 0 Å². The molecule has 2 N–H and O–H groups in total. The topological polar surface area (TPSA) is 76.7 Å². The van der Waals surface area contributed by atoms with Crippen molar-refractivity contribution in [2.45, 2.75) is 25.0 Å². The van der Waals surface area contributed by atoms with E-state index in [2.05, 4.69) is 42.5 Å². The number of halogens is 2. The third kappa shape index (κ3) is 5.88. The van der Waals surface area contributed by atoms with Gasteiger partial charge in [-0.2, -0.15) is 0 Å². The highest BCUT2D eigenvalue weighted by Crippen LogP contribution is 2.48. The lowest BCUT2D eigenvalue weighted by atomic mass is 9.87. The standard InChI is InChI=1S/2C21H16BrNO2/c2*1-14-10-12-16(13-11-14)25-21(15-6-3-2-4-7-15)17-8-5-9-18(22)19(17)23-20(21)24/h2*2-13H,1H3,(H,23,24)/t2*21-/m10/s1. The number of rotatable bonds is 6. The SMILES string of the molecule is Cc1ccc(O[C@@]2(c3ccccc3)C(=O)Nc3c(Br)cccc32)cc1.Cc1ccc(O[C@]2(c3ccccc3)C(=O)Nc3c(Br)cccc32)cc1. The van der Waals surface area contributed by atoms with Crippen LogP contribution in [-0.2, 0) is 20.8 Å². The molecule has 248 valence electrons. The highest BCUT2D eigenvalue weighted by Gasteiger charge is 2.52. The second-order valence-corrected chi connectivity index (χ2v) is 13.9. The van der Waals surface area contributed by atoms with E-state index in [0.29, 0.717) is 11.5 Å². The van der Waals surface area contributed by atoms with Gasteiger partial charge in [0, 0.05) is 31.2 Å². The number of hydrogen-bond acceptors (Lipinski definition) is 4. The van der Waals surface area contributed by atoms with E-state index in [0.717, 1.165) is 53.7 Å². The highest BCUT2D eigenvalue weighted by atomic mass is 79.9. The summed E-state index contributed by atoms with van der Waals surface area (Å²) >= 11 is 7.05. The van der Waals surface area contributed by atoms with E-state index < -0.39 is 11.2 Å². The molecule has 6 aromatic rings. The molecule has 0 saturated carbocycles. The summed E-state index contributed by atoms with van der Waals surface area (Å²) in [6.07, 6.45) is 0. The predicted octanol–water partition coefficient (Wildman–Crippen LogP) is 10.1. The van der Waals surface area contributed by atoms with Crippen molar-refractivity contribution in [1.29, 1.82) is 0 Å². The van der Waals surface area contributed by atoms with Gasteiger partial charge in [0.25, 0.3) is 11.8 Å². The average Bonchev–Trinajstić information content (AvgIpc) is 3.60. The first-order valence-corrected chi connectivity index (χ1v) is 17.6. The molecule has 0 radical (unpaired) electrons. The van der Waals surface area contributed by atoms with Crippen LogP contribution in [0.3, 0.4) is 0 Å². The molecule has 2 amide bonds. The van der Waals surface area contributed by atoms with Gasteiger partial charge in [-0.3, -0.25) is 9.59 Å². The van der Waals surface area contributed by atoms with Crippen LogP contribution in [-0.4, -0.2) is 11.8 Å². The molecular weight excluding hydrogens is 756 g/mol. The van der Waals surface area contributed by atoms with E-state index in [9.17, 15) is 9.59 Å². The number of aryl methyl sites for hydroxylation is 2. The minimum atomic E-state index is -1.21. The van der Waals surface area contributed by atoms with E-state index in [1.807, 2.05) is 159 Å². The van der Waals surface area contributed by atoms with Gasteiger partial charge in [0.1, 0.15) is 11.5 Å².